The number of allylic oxidation sites excluding steroid dienone is 2. The molecule has 0 spiro atoms. The van der Waals surface area contributed by atoms with Crippen molar-refractivity contribution in [2.75, 3.05) is 16.7 Å². The van der Waals surface area contributed by atoms with E-state index in [1.165, 1.54) is 12.1 Å². The normalized spacial score (nSPS) is 16.0. The Morgan fingerprint density at radius 1 is 0.970 bits per heavy atom. The van der Waals surface area contributed by atoms with E-state index in [2.05, 4.69) is 24.6 Å². The number of fused-ring (bicyclic) bond motifs is 1. The van der Waals surface area contributed by atoms with Gasteiger partial charge in [0.05, 0.1) is 10.6 Å². The molecule has 1 N–H and O–H groups in total. The molecule has 0 fully saturated rings. The van der Waals surface area contributed by atoms with Crippen molar-refractivity contribution in [2.45, 2.75) is 38.0 Å². The third-order valence-corrected chi connectivity index (χ3v) is 7.63. The summed E-state index contributed by atoms with van der Waals surface area (Å²) in [4.78, 5) is 15.3. The van der Waals surface area contributed by atoms with Gasteiger partial charge in [-0.3, -0.25) is 9.52 Å². The molecular formula is C27H28N2O3S. The van der Waals surface area contributed by atoms with Crippen LogP contribution in [0, 0.1) is 13.8 Å². The monoisotopic (exact) mass is 460 g/mol. The van der Waals surface area contributed by atoms with Gasteiger partial charge in [0.1, 0.15) is 0 Å². The molecule has 0 bridgehead atoms. The second-order valence-electron chi connectivity index (χ2n) is 9.05. The number of hydrogen-bond donors (Lipinski definition) is 1. The highest BCUT2D eigenvalue weighted by atomic mass is 32.2. The summed E-state index contributed by atoms with van der Waals surface area (Å²) in [6, 6.07) is 19.8. The van der Waals surface area contributed by atoms with Crippen molar-refractivity contribution in [3.8, 4) is 0 Å². The number of hydrogen-bond acceptors (Lipinski definition) is 4. The molecule has 0 radical (unpaired) electrons. The Morgan fingerprint density at radius 2 is 1.70 bits per heavy atom. The quantitative estimate of drug-likeness (QED) is 0.398. The van der Waals surface area contributed by atoms with Crippen LogP contribution in [0.25, 0.3) is 0 Å². The van der Waals surface area contributed by atoms with E-state index in [9.17, 15) is 13.2 Å². The minimum absolute atomic E-state index is 0.0500. The number of rotatable bonds is 5. The molecular weight excluding hydrogens is 432 g/mol. The van der Waals surface area contributed by atoms with Gasteiger partial charge in [-0.2, -0.15) is 0 Å². The Hall–Kier alpha value is -3.38. The molecule has 0 aliphatic carbocycles. The molecule has 3 aromatic rings. The van der Waals surface area contributed by atoms with E-state index in [1.54, 1.807) is 24.3 Å². The van der Waals surface area contributed by atoms with Crippen molar-refractivity contribution in [3.63, 3.8) is 0 Å². The van der Waals surface area contributed by atoms with Crippen molar-refractivity contribution in [1.29, 1.82) is 0 Å². The Kier molecular flexibility index (Phi) is 5.66. The first-order valence-electron chi connectivity index (χ1n) is 10.8. The first kappa shape index (κ1) is 22.8. The summed E-state index contributed by atoms with van der Waals surface area (Å²) in [7, 11) is -1.90. The van der Waals surface area contributed by atoms with Crippen LogP contribution in [0.2, 0.25) is 0 Å². The predicted molar refractivity (Wildman–Crippen MR) is 133 cm³/mol. The molecule has 1 heterocycles. The van der Waals surface area contributed by atoms with Gasteiger partial charge in [0.2, 0.25) is 0 Å². The van der Waals surface area contributed by atoms with Gasteiger partial charge in [-0.15, -0.1) is 0 Å². The smallest absolute Gasteiger partial charge is 0.261 e. The number of aryl methyl sites for hydroxylation is 2. The number of sulfonamides is 1. The van der Waals surface area contributed by atoms with E-state index in [0.29, 0.717) is 11.3 Å². The van der Waals surface area contributed by atoms with E-state index in [1.807, 2.05) is 56.1 Å². The largest absolute Gasteiger partial charge is 0.347 e. The fraction of sp³-hybridized carbons (Fsp3) is 0.222. The number of carbonyl (C=O) groups excluding carboxylic acids is 1. The maximum Gasteiger partial charge on any atom is 0.261 e. The Labute approximate surface area is 195 Å². The molecule has 1 aliphatic rings. The molecule has 0 aromatic heterocycles. The summed E-state index contributed by atoms with van der Waals surface area (Å²) < 4.78 is 28.7. The van der Waals surface area contributed by atoms with Gasteiger partial charge in [-0.05, 0) is 49.2 Å². The molecule has 4 rings (SSSR count). The predicted octanol–water partition coefficient (Wildman–Crippen LogP) is 5.60. The summed E-state index contributed by atoms with van der Waals surface area (Å²) in [5.74, 6) is -0.235. The summed E-state index contributed by atoms with van der Waals surface area (Å²) in [6.45, 7) is 7.98. The SMILES string of the molecule is Cc1ccc(NS(=O)(=O)c2cccc(C(=O)/C=C3/N(C)c4ccccc4C3(C)C)c2)c(C)c1. The zero-order valence-corrected chi connectivity index (χ0v) is 20.3. The maximum atomic E-state index is 13.2. The van der Waals surface area contributed by atoms with Gasteiger partial charge >= 0.3 is 0 Å². The highest BCUT2D eigenvalue weighted by molar-refractivity contribution is 7.92. The lowest BCUT2D eigenvalue weighted by molar-refractivity contribution is 0.104. The number of nitrogens with zero attached hydrogens (tertiary/aromatic N) is 1. The number of para-hydroxylation sites is 1. The third kappa shape index (κ3) is 4.18. The lowest BCUT2D eigenvalue weighted by Crippen LogP contribution is -2.24. The van der Waals surface area contributed by atoms with E-state index in [4.69, 9.17) is 0 Å². The number of likely N-dealkylation sites (N-methyl/N-ethyl adjacent to an activating group) is 1. The summed E-state index contributed by atoms with van der Waals surface area (Å²) in [5, 5.41) is 0. The van der Waals surface area contributed by atoms with E-state index < -0.39 is 10.0 Å². The van der Waals surface area contributed by atoms with Gasteiger partial charge in [0.25, 0.3) is 10.0 Å². The molecule has 6 heteroatoms. The van der Waals surface area contributed by atoms with E-state index in [-0.39, 0.29) is 16.1 Å². The van der Waals surface area contributed by atoms with Crippen molar-refractivity contribution >= 4 is 27.2 Å². The van der Waals surface area contributed by atoms with E-state index in [0.717, 1.165) is 28.1 Å². The fourth-order valence-corrected chi connectivity index (χ4v) is 5.59. The third-order valence-electron chi connectivity index (χ3n) is 6.26. The van der Waals surface area contributed by atoms with Crippen molar-refractivity contribution in [3.05, 3.63) is 101 Å². The van der Waals surface area contributed by atoms with Crippen molar-refractivity contribution < 1.29 is 13.2 Å². The average molecular weight is 461 g/mol. The van der Waals surface area contributed by atoms with Crippen LogP contribution in [0.4, 0.5) is 11.4 Å². The van der Waals surface area contributed by atoms with Crippen LogP contribution in [0.5, 0.6) is 0 Å². The molecule has 0 atom stereocenters. The maximum absolute atomic E-state index is 13.2. The number of benzene rings is 3. The molecule has 170 valence electrons. The highest BCUT2D eigenvalue weighted by Crippen LogP contribution is 2.46. The summed E-state index contributed by atoms with van der Waals surface area (Å²) in [5.41, 5.74) is 5.48. The van der Waals surface area contributed by atoms with Gasteiger partial charge < -0.3 is 4.90 Å². The minimum atomic E-state index is -3.84. The van der Waals surface area contributed by atoms with Crippen molar-refractivity contribution in [1.82, 2.24) is 0 Å². The molecule has 33 heavy (non-hydrogen) atoms. The molecule has 0 saturated heterocycles. The van der Waals surface area contributed by atoms with Crippen LogP contribution in [0.3, 0.4) is 0 Å². The van der Waals surface area contributed by atoms with Crippen LogP contribution in [0.15, 0.2) is 83.4 Å². The number of carbonyl (C=O) groups is 1. The first-order valence-corrected chi connectivity index (χ1v) is 12.3. The van der Waals surface area contributed by atoms with Gasteiger partial charge in [-0.1, -0.05) is 61.9 Å². The van der Waals surface area contributed by atoms with Gasteiger partial charge in [0, 0.05) is 35.5 Å². The standard InChI is InChI=1S/C27H28N2O3S/c1-18-13-14-23(19(2)15-18)28-33(31,32)21-10-8-9-20(16-21)25(30)17-26-27(3,4)22-11-6-7-12-24(22)29(26)5/h6-17,28H,1-5H3/b26-17+. The van der Waals surface area contributed by atoms with Crippen LogP contribution >= 0.6 is 0 Å². The highest BCUT2D eigenvalue weighted by Gasteiger charge is 2.38. The van der Waals surface area contributed by atoms with Gasteiger partial charge in [-0.25, -0.2) is 8.42 Å². The molecule has 5 nitrogen and oxygen atoms in total. The van der Waals surface area contributed by atoms with Crippen LogP contribution in [-0.4, -0.2) is 21.2 Å². The van der Waals surface area contributed by atoms with Gasteiger partial charge in [0.15, 0.2) is 5.78 Å². The van der Waals surface area contributed by atoms with Crippen molar-refractivity contribution in [2.24, 2.45) is 0 Å². The molecule has 0 unspecified atom stereocenters. The summed E-state index contributed by atoms with van der Waals surface area (Å²) >= 11 is 0. The minimum Gasteiger partial charge on any atom is -0.347 e. The number of nitrogens with one attached hydrogen (secondary N) is 1. The number of ketones is 1. The molecule has 3 aromatic carbocycles. The van der Waals surface area contributed by atoms with Crippen LogP contribution < -0.4 is 9.62 Å². The second kappa shape index (κ2) is 8.19. The van der Waals surface area contributed by atoms with Crippen LogP contribution in [-0.2, 0) is 15.4 Å². The van der Waals surface area contributed by atoms with Crippen LogP contribution in [0.1, 0.15) is 40.9 Å². The first-order chi connectivity index (χ1) is 15.5. The Balaban J connectivity index is 1.65. The Bertz CT molecular complexity index is 1390. The number of anilines is 2. The lowest BCUT2D eigenvalue weighted by Gasteiger charge is -2.24. The topological polar surface area (TPSA) is 66.5 Å². The zero-order chi connectivity index (χ0) is 24.0. The van der Waals surface area contributed by atoms with E-state index >= 15 is 0 Å². The zero-order valence-electron chi connectivity index (χ0n) is 19.5. The lowest BCUT2D eigenvalue weighted by atomic mass is 9.83. The fourth-order valence-electron chi connectivity index (χ4n) is 4.41. The second-order valence-corrected chi connectivity index (χ2v) is 10.7. The molecule has 0 amide bonds. The average Bonchev–Trinajstić information content (AvgIpc) is 2.96. The summed E-state index contributed by atoms with van der Waals surface area (Å²) in [6.07, 6.45) is 1.61. The molecule has 0 saturated carbocycles. The molecule has 1 aliphatic heterocycles. The Morgan fingerprint density at radius 3 is 2.39 bits per heavy atom.